The molecule has 0 saturated heterocycles. The smallest absolute Gasteiger partial charge is 0.279 e. The third-order valence-electron chi connectivity index (χ3n) is 4.76. The van der Waals surface area contributed by atoms with Gasteiger partial charge in [0.05, 0.1) is 12.1 Å². The minimum Gasteiger partial charge on any atom is -0.486 e. The highest BCUT2D eigenvalue weighted by Gasteiger charge is 2.21. The van der Waals surface area contributed by atoms with Crippen molar-refractivity contribution >= 4 is 11.7 Å². The minimum absolute atomic E-state index is 0.0547. The summed E-state index contributed by atoms with van der Waals surface area (Å²) >= 11 is 0. The second kappa shape index (κ2) is 8.83. The zero-order valence-corrected chi connectivity index (χ0v) is 17.1. The van der Waals surface area contributed by atoms with Gasteiger partial charge in [0.15, 0.2) is 23.1 Å². The Bertz CT molecular complexity index is 1200. The molecule has 2 aromatic carbocycles. The van der Waals surface area contributed by atoms with E-state index >= 15 is 0 Å². The number of hydrogen-bond acceptors (Lipinski definition) is 5. The number of aromatic nitrogens is 3. The third-order valence-corrected chi connectivity index (χ3v) is 4.76. The van der Waals surface area contributed by atoms with Crippen molar-refractivity contribution in [1.29, 1.82) is 0 Å². The number of halogens is 1. The van der Waals surface area contributed by atoms with Crippen LogP contribution in [0.2, 0.25) is 0 Å². The van der Waals surface area contributed by atoms with Crippen molar-refractivity contribution < 1.29 is 18.4 Å². The lowest BCUT2D eigenvalue weighted by Crippen LogP contribution is -2.16. The Hall–Kier alpha value is -3.94. The van der Waals surface area contributed by atoms with E-state index in [1.807, 2.05) is 31.2 Å². The molecule has 0 aliphatic heterocycles. The second-order valence-corrected chi connectivity index (χ2v) is 7.12. The predicted molar refractivity (Wildman–Crippen MR) is 112 cm³/mol. The molecule has 2 aromatic heterocycles. The number of aryl methyl sites for hydroxylation is 2. The molecule has 0 fully saturated rings. The van der Waals surface area contributed by atoms with Gasteiger partial charge in [0, 0.05) is 12.3 Å². The van der Waals surface area contributed by atoms with Gasteiger partial charge in [-0.05, 0) is 31.5 Å². The maximum absolute atomic E-state index is 13.8. The summed E-state index contributed by atoms with van der Waals surface area (Å²) in [5.41, 5.74) is 2.81. The Morgan fingerprint density at radius 3 is 2.68 bits per heavy atom. The number of nitrogens with zero attached hydrogens (tertiary/aromatic N) is 3. The molecule has 2 heterocycles. The van der Waals surface area contributed by atoms with E-state index in [0.29, 0.717) is 23.7 Å². The maximum atomic E-state index is 13.8. The first-order valence-corrected chi connectivity index (χ1v) is 9.72. The molecule has 0 spiro atoms. The van der Waals surface area contributed by atoms with E-state index in [1.165, 1.54) is 17.7 Å². The van der Waals surface area contributed by atoms with Crippen LogP contribution in [0.25, 0.3) is 0 Å². The van der Waals surface area contributed by atoms with E-state index in [-0.39, 0.29) is 18.1 Å². The number of para-hydroxylation sites is 1. The van der Waals surface area contributed by atoms with E-state index in [4.69, 9.17) is 9.26 Å². The van der Waals surface area contributed by atoms with Gasteiger partial charge < -0.3 is 14.6 Å². The number of carbonyl (C=O) groups excluding carboxylic acids is 1. The van der Waals surface area contributed by atoms with Crippen molar-refractivity contribution in [2.45, 2.75) is 27.0 Å². The zero-order valence-electron chi connectivity index (χ0n) is 17.1. The van der Waals surface area contributed by atoms with Crippen LogP contribution < -0.4 is 10.1 Å². The van der Waals surface area contributed by atoms with Crippen LogP contribution in [0.5, 0.6) is 5.75 Å². The van der Waals surface area contributed by atoms with Crippen LogP contribution in [0.3, 0.4) is 0 Å². The number of anilines is 1. The highest BCUT2D eigenvalue weighted by Crippen LogP contribution is 2.21. The van der Waals surface area contributed by atoms with Crippen molar-refractivity contribution in [1.82, 2.24) is 14.9 Å². The van der Waals surface area contributed by atoms with E-state index < -0.39 is 11.7 Å². The fourth-order valence-corrected chi connectivity index (χ4v) is 3.02. The Morgan fingerprint density at radius 1 is 1.13 bits per heavy atom. The minimum atomic E-state index is -0.485. The monoisotopic (exact) mass is 420 g/mol. The van der Waals surface area contributed by atoms with Gasteiger partial charge in [-0.2, -0.15) is 5.10 Å². The highest BCUT2D eigenvalue weighted by molar-refractivity contribution is 6.03. The second-order valence-electron chi connectivity index (χ2n) is 7.12. The topological polar surface area (TPSA) is 82.2 Å². The molecule has 0 unspecified atom stereocenters. The number of amides is 1. The Balaban J connectivity index is 1.43. The van der Waals surface area contributed by atoms with Gasteiger partial charge in [-0.15, -0.1) is 0 Å². The largest absolute Gasteiger partial charge is 0.486 e. The summed E-state index contributed by atoms with van der Waals surface area (Å²) in [6.45, 7) is 4.23. The fourth-order valence-electron chi connectivity index (χ4n) is 3.02. The molecule has 0 atom stereocenters. The summed E-state index contributed by atoms with van der Waals surface area (Å²) in [7, 11) is 0. The van der Waals surface area contributed by atoms with Crippen LogP contribution in [0.1, 0.15) is 32.9 Å². The normalized spacial score (nSPS) is 10.8. The summed E-state index contributed by atoms with van der Waals surface area (Å²) < 4.78 is 26.2. The molecule has 31 heavy (non-hydrogen) atoms. The first-order chi connectivity index (χ1) is 15.0. The molecule has 0 aliphatic rings. The molecular weight excluding hydrogens is 399 g/mol. The maximum Gasteiger partial charge on any atom is 0.279 e. The summed E-state index contributed by atoms with van der Waals surface area (Å²) in [4.78, 5) is 12.7. The average Bonchev–Trinajstić information content (AvgIpc) is 3.35. The van der Waals surface area contributed by atoms with Crippen molar-refractivity contribution in [2.75, 3.05) is 5.32 Å². The zero-order chi connectivity index (χ0) is 21.8. The fraction of sp³-hybridized carbons (Fsp3) is 0.174. The lowest BCUT2D eigenvalue weighted by Gasteiger charge is -2.07. The Labute approximate surface area is 178 Å². The van der Waals surface area contributed by atoms with Crippen molar-refractivity contribution in [2.24, 2.45) is 0 Å². The van der Waals surface area contributed by atoms with Crippen LogP contribution in [0.15, 0.2) is 65.3 Å². The number of rotatable bonds is 7. The van der Waals surface area contributed by atoms with Crippen LogP contribution in [0.4, 0.5) is 10.2 Å². The average molecular weight is 420 g/mol. The van der Waals surface area contributed by atoms with Crippen molar-refractivity contribution in [3.8, 4) is 5.75 Å². The molecule has 1 N–H and O–H groups in total. The summed E-state index contributed by atoms with van der Waals surface area (Å²) in [5, 5.41) is 10.9. The molecule has 0 aliphatic carbocycles. The molecule has 4 aromatic rings. The van der Waals surface area contributed by atoms with E-state index in [1.54, 1.807) is 36.0 Å². The van der Waals surface area contributed by atoms with Gasteiger partial charge in [-0.25, -0.2) is 4.39 Å². The first kappa shape index (κ1) is 20.3. The van der Waals surface area contributed by atoms with E-state index in [9.17, 15) is 9.18 Å². The molecule has 158 valence electrons. The standard InChI is InChI=1S/C23H21FN4O3/c1-15-7-9-17(10-8-15)13-28-12-11-21(26-28)25-23(29)22-18(16(2)31-27-22)14-30-20-6-4-3-5-19(20)24/h3-12H,13-14H2,1-2H3,(H,25,26,29). The van der Waals surface area contributed by atoms with Crippen molar-refractivity contribution in [3.63, 3.8) is 0 Å². The lowest BCUT2D eigenvalue weighted by molar-refractivity contribution is 0.101. The first-order valence-electron chi connectivity index (χ1n) is 9.72. The Morgan fingerprint density at radius 2 is 1.90 bits per heavy atom. The van der Waals surface area contributed by atoms with Gasteiger partial charge in [0.2, 0.25) is 0 Å². The molecule has 0 radical (unpaired) electrons. The molecule has 0 saturated carbocycles. The molecule has 7 nitrogen and oxygen atoms in total. The molecular formula is C23H21FN4O3. The number of hydrogen-bond donors (Lipinski definition) is 1. The van der Waals surface area contributed by atoms with Gasteiger partial charge in [-0.3, -0.25) is 9.48 Å². The van der Waals surface area contributed by atoms with Crippen LogP contribution >= 0.6 is 0 Å². The molecule has 8 heteroatoms. The highest BCUT2D eigenvalue weighted by atomic mass is 19.1. The quantitative estimate of drug-likeness (QED) is 0.476. The summed E-state index contributed by atoms with van der Waals surface area (Å²) in [6.07, 6.45) is 1.78. The van der Waals surface area contributed by atoms with E-state index in [2.05, 4.69) is 15.6 Å². The number of ether oxygens (including phenoxy) is 1. The SMILES string of the molecule is Cc1ccc(Cn2ccc(NC(=O)c3noc(C)c3COc3ccccc3F)n2)cc1. The van der Waals surface area contributed by atoms with Crippen LogP contribution in [-0.4, -0.2) is 20.8 Å². The van der Waals surface area contributed by atoms with Gasteiger partial charge in [0.25, 0.3) is 5.91 Å². The number of carbonyl (C=O) groups is 1. The van der Waals surface area contributed by atoms with Crippen molar-refractivity contribution in [3.05, 3.63) is 94.8 Å². The number of nitrogens with one attached hydrogen (secondary N) is 1. The van der Waals surface area contributed by atoms with Crippen LogP contribution in [0, 0.1) is 19.7 Å². The number of benzene rings is 2. The lowest BCUT2D eigenvalue weighted by atomic mass is 10.1. The predicted octanol–water partition coefficient (Wildman–Crippen LogP) is 4.51. The molecule has 0 bridgehead atoms. The van der Waals surface area contributed by atoms with Gasteiger partial charge >= 0.3 is 0 Å². The van der Waals surface area contributed by atoms with Crippen LogP contribution in [-0.2, 0) is 13.2 Å². The summed E-state index contributed by atoms with van der Waals surface area (Å²) in [5.74, 6) is -0.0688. The van der Waals surface area contributed by atoms with Gasteiger partial charge in [-0.1, -0.05) is 47.1 Å². The van der Waals surface area contributed by atoms with E-state index in [0.717, 1.165) is 5.56 Å². The molecule has 4 rings (SSSR count). The Kier molecular flexibility index (Phi) is 5.79. The van der Waals surface area contributed by atoms with Gasteiger partial charge in [0.1, 0.15) is 12.4 Å². The summed E-state index contributed by atoms with van der Waals surface area (Å²) in [6, 6.07) is 15.9. The third kappa shape index (κ3) is 4.80. The molecule has 1 amide bonds.